The second-order valence-electron chi connectivity index (χ2n) is 12.8. The molecule has 0 radical (unpaired) electrons. The Kier molecular flexibility index (Phi) is 8.98. The third-order valence-corrected chi connectivity index (χ3v) is 10.1. The van der Waals surface area contributed by atoms with Gasteiger partial charge < -0.3 is 20.2 Å². The molecule has 0 unspecified atom stereocenters. The number of rotatable bonds is 7. The topological polar surface area (TPSA) is 108 Å². The van der Waals surface area contributed by atoms with Gasteiger partial charge in [0.15, 0.2) is 0 Å². The molecule has 3 fully saturated rings. The Morgan fingerprint density at radius 3 is 2.53 bits per heavy atom. The number of benzene rings is 2. The van der Waals surface area contributed by atoms with Gasteiger partial charge in [-0.2, -0.15) is 0 Å². The number of amides is 2. The number of nitrogens with zero attached hydrogens (tertiary/aromatic N) is 4. The molecule has 3 heterocycles. The Bertz CT molecular complexity index is 1590. The van der Waals surface area contributed by atoms with Gasteiger partial charge in [0.25, 0.3) is 5.56 Å². The van der Waals surface area contributed by atoms with Crippen LogP contribution in [0.1, 0.15) is 56.6 Å². The van der Waals surface area contributed by atoms with Crippen molar-refractivity contribution in [2.75, 3.05) is 26.2 Å². The van der Waals surface area contributed by atoms with Crippen molar-refractivity contribution < 1.29 is 23.5 Å². The van der Waals surface area contributed by atoms with Crippen molar-refractivity contribution in [1.82, 2.24) is 24.7 Å². The van der Waals surface area contributed by atoms with Gasteiger partial charge in [-0.05, 0) is 61.6 Å². The largest absolute Gasteiger partial charge is 0.480 e. The molecule has 11 heteroatoms. The fourth-order valence-electron chi connectivity index (χ4n) is 7.72. The number of hydrogen-bond donors (Lipinski definition) is 2. The molecule has 2 aliphatic heterocycles. The van der Waals surface area contributed by atoms with Crippen LogP contribution in [0.3, 0.4) is 0 Å². The van der Waals surface area contributed by atoms with E-state index in [0.29, 0.717) is 44.7 Å². The van der Waals surface area contributed by atoms with Crippen LogP contribution in [-0.2, 0) is 11.3 Å². The minimum atomic E-state index is -1.00. The predicted molar refractivity (Wildman–Crippen MR) is 164 cm³/mol. The lowest BCUT2D eigenvalue weighted by atomic mass is 9.69. The highest BCUT2D eigenvalue weighted by Gasteiger charge is 2.48. The second kappa shape index (κ2) is 13.1. The molecule has 2 saturated heterocycles. The average Bonchev–Trinajstić information content (AvgIpc) is 3.51. The van der Waals surface area contributed by atoms with Crippen molar-refractivity contribution in [1.29, 1.82) is 0 Å². The van der Waals surface area contributed by atoms with E-state index in [-0.39, 0.29) is 47.5 Å². The molecule has 238 valence electrons. The maximum atomic E-state index is 15.1. The summed E-state index contributed by atoms with van der Waals surface area (Å²) in [6, 6.07) is 13.2. The fraction of sp³-hybridized carbons (Fsp3) is 0.471. The zero-order valence-electron chi connectivity index (χ0n) is 25.2. The highest BCUT2D eigenvalue weighted by Crippen LogP contribution is 2.49. The Balaban J connectivity index is 1.20. The number of urea groups is 1. The van der Waals surface area contributed by atoms with E-state index < -0.39 is 23.6 Å². The number of carboxylic acid groups (broad SMARTS) is 1. The molecule has 1 spiro atoms. The molecule has 2 N–H and O–H groups in total. The summed E-state index contributed by atoms with van der Waals surface area (Å²) in [6.45, 7) is 1.60. The van der Waals surface area contributed by atoms with Crippen LogP contribution in [0.25, 0.3) is 11.3 Å². The van der Waals surface area contributed by atoms with E-state index in [2.05, 4.69) is 10.3 Å². The Labute approximate surface area is 260 Å². The Morgan fingerprint density at radius 2 is 1.80 bits per heavy atom. The van der Waals surface area contributed by atoms with Crippen LogP contribution < -0.4 is 10.9 Å². The van der Waals surface area contributed by atoms with E-state index in [1.165, 1.54) is 0 Å². The number of piperidine rings is 2. The summed E-state index contributed by atoms with van der Waals surface area (Å²) in [5.41, 5.74) is 1.38. The number of halogens is 2. The van der Waals surface area contributed by atoms with Crippen LogP contribution >= 0.6 is 0 Å². The van der Waals surface area contributed by atoms with Crippen LogP contribution in [0.4, 0.5) is 13.6 Å². The SMILES string of the molecule is O=C(O)CN[C@@H]1CCN(C(=O)N2CC[C@@H](Cn3cnc(-c4ccccc4)cc3=O)C3(CCCC3)C2)[C@H](c2cc(F)ccc2F)C1. The number of aliphatic carboxylic acids is 1. The Morgan fingerprint density at radius 1 is 1.02 bits per heavy atom. The smallest absolute Gasteiger partial charge is 0.320 e. The molecule has 1 aromatic heterocycles. The van der Waals surface area contributed by atoms with Crippen molar-refractivity contribution in [3.05, 3.63) is 88.5 Å². The first-order valence-corrected chi connectivity index (χ1v) is 15.8. The van der Waals surface area contributed by atoms with Gasteiger partial charge >= 0.3 is 12.0 Å². The zero-order valence-corrected chi connectivity index (χ0v) is 25.2. The molecule has 9 nitrogen and oxygen atoms in total. The summed E-state index contributed by atoms with van der Waals surface area (Å²) < 4.78 is 31.0. The molecule has 1 aliphatic carbocycles. The molecule has 6 rings (SSSR count). The number of hydrogen-bond acceptors (Lipinski definition) is 5. The first-order valence-electron chi connectivity index (χ1n) is 15.8. The summed E-state index contributed by atoms with van der Waals surface area (Å²) in [7, 11) is 0. The van der Waals surface area contributed by atoms with Crippen molar-refractivity contribution in [3.8, 4) is 11.3 Å². The van der Waals surface area contributed by atoms with Gasteiger partial charge in [-0.15, -0.1) is 0 Å². The van der Waals surface area contributed by atoms with Gasteiger partial charge in [-0.1, -0.05) is 43.2 Å². The van der Waals surface area contributed by atoms with Gasteiger partial charge in [-0.25, -0.2) is 18.6 Å². The molecule has 2 aromatic carbocycles. The number of likely N-dealkylation sites (tertiary alicyclic amines) is 2. The molecule has 2 amide bonds. The van der Waals surface area contributed by atoms with E-state index >= 15 is 4.39 Å². The van der Waals surface area contributed by atoms with E-state index in [0.717, 1.165) is 49.4 Å². The van der Waals surface area contributed by atoms with Crippen LogP contribution in [0, 0.1) is 23.0 Å². The van der Waals surface area contributed by atoms with Crippen molar-refractivity contribution in [2.24, 2.45) is 11.3 Å². The van der Waals surface area contributed by atoms with E-state index in [4.69, 9.17) is 5.11 Å². The molecule has 3 aliphatic rings. The van der Waals surface area contributed by atoms with E-state index in [1.54, 1.807) is 21.9 Å². The quantitative estimate of drug-likeness (QED) is 0.383. The molecule has 0 bridgehead atoms. The lowest BCUT2D eigenvalue weighted by Gasteiger charge is -2.49. The highest BCUT2D eigenvalue weighted by molar-refractivity contribution is 5.75. The summed E-state index contributed by atoms with van der Waals surface area (Å²) in [5.74, 6) is -2.00. The van der Waals surface area contributed by atoms with Gasteiger partial charge in [0.05, 0.1) is 24.6 Å². The molecule has 3 aromatic rings. The van der Waals surface area contributed by atoms with Crippen molar-refractivity contribution in [3.63, 3.8) is 0 Å². The summed E-state index contributed by atoms with van der Waals surface area (Å²) >= 11 is 0. The molecular formula is C34H39F2N5O4. The van der Waals surface area contributed by atoms with E-state index in [9.17, 15) is 18.8 Å². The predicted octanol–water partition coefficient (Wildman–Crippen LogP) is 5.07. The minimum Gasteiger partial charge on any atom is -0.480 e. The number of carboxylic acids is 1. The summed E-state index contributed by atoms with van der Waals surface area (Å²) in [6.07, 6.45) is 7.13. The maximum absolute atomic E-state index is 15.1. The normalized spacial score (nSPS) is 22.9. The maximum Gasteiger partial charge on any atom is 0.320 e. The summed E-state index contributed by atoms with van der Waals surface area (Å²) in [5, 5.41) is 12.1. The lowest BCUT2D eigenvalue weighted by Crippen LogP contribution is -2.57. The standard InChI is InChI=1S/C34H39F2N5O4/c35-25-8-9-28(36)27(16-25)30-17-26(37-19-32(43)44)11-15-41(30)33(45)39-14-10-24(34(21-39)12-4-5-13-34)20-40-22-38-29(18-31(40)42)23-6-2-1-3-7-23/h1-3,6-9,16,18,22,24,26,30,37H,4-5,10-15,17,19-21H2,(H,43,44)/t24-,26+,30-/m0/s1. The monoisotopic (exact) mass is 619 g/mol. The van der Waals surface area contributed by atoms with E-state index in [1.807, 2.05) is 35.2 Å². The average molecular weight is 620 g/mol. The zero-order chi connectivity index (χ0) is 31.6. The van der Waals surface area contributed by atoms with Crippen molar-refractivity contribution >= 4 is 12.0 Å². The molecule has 45 heavy (non-hydrogen) atoms. The van der Waals surface area contributed by atoms with Crippen LogP contribution in [0.5, 0.6) is 0 Å². The number of carbonyl (C=O) groups is 2. The second-order valence-corrected chi connectivity index (χ2v) is 12.8. The highest BCUT2D eigenvalue weighted by atomic mass is 19.1. The van der Waals surface area contributed by atoms with Gasteiger partial charge in [-0.3, -0.25) is 14.2 Å². The molecular weight excluding hydrogens is 580 g/mol. The van der Waals surface area contributed by atoms with Gasteiger partial charge in [0.2, 0.25) is 0 Å². The van der Waals surface area contributed by atoms with Crippen LogP contribution in [0.15, 0.2) is 65.7 Å². The lowest BCUT2D eigenvalue weighted by molar-refractivity contribution is -0.136. The third-order valence-electron chi connectivity index (χ3n) is 10.1. The van der Waals surface area contributed by atoms with Crippen LogP contribution in [-0.4, -0.2) is 68.7 Å². The van der Waals surface area contributed by atoms with Crippen molar-refractivity contribution in [2.45, 2.75) is 63.6 Å². The molecule has 3 atom stereocenters. The summed E-state index contributed by atoms with van der Waals surface area (Å²) in [4.78, 5) is 46.6. The van der Waals surface area contributed by atoms with Crippen LogP contribution in [0.2, 0.25) is 0 Å². The number of aromatic nitrogens is 2. The number of carbonyl (C=O) groups excluding carboxylic acids is 1. The number of nitrogens with one attached hydrogen (secondary N) is 1. The van der Waals surface area contributed by atoms with Gasteiger partial charge in [0, 0.05) is 49.4 Å². The first kappa shape index (κ1) is 30.9. The minimum absolute atomic E-state index is 0.0986. The molecule has 1 saturated carbocycles. The fourth-order valence-corrected chi connectivity index (χ4v) is 7.72. The Hall–Kier alpha value is -4.12. The van der Waals surface area contributed by atoms with Gasteiger partial charge in [0.1, 0.15) is 11.6 Å². The first-order chi connectivity index (χ1) is 21.7. The third kappa shape index (κ3) is 6.63.